The van der Waals surface area contributed by atoms with E-state index in [0.29, 0.717) is 5.56 Å². The van der Waals surface area contributed by atoms with E-state index in [1.807, 2.05) is 0 Å². The van der Waals surface area contributed by atoms with Gasteiger partial charge in [-0.05, 0) is 42.8 Å². The summed E-state index contributed by atoms with van der Waals surface area (Å²) in [6.45, 7) is 1.15. The van der Waals surface area contributed by atoms with E-state index in [1.54, 1.807) is 6.92 Å². The Labute approximate surface area is 160 Å². The first-order valence-electron chi connectivity index (χ1n) is 8.30. The standard InChI is InChI=1S/C18H14F4N4O3/c1-10(11-2-5-13(6-3-11)29-18(20,21)22)23-16(27)9-26-17(28)14-8-12(19)4-7-15(14)24-25-26/h2-8,10H,9H2,1H3,(H,23,27). The lowest BCUT2D eigenvalue weighted by atomic mass is 10.1. The monoisotopic (exact) mass is 410 g/mol. The minimum absolute atomic E-state index is 0.0129. The molecule has 0 spiro atoms. The Morgan fingerprint density at radius 3 is 2.55 bits per heavy atom. The molecule has 3 rings (SSSR count). The summed E-state index contributed by atoms with van der Waals surface area (Å²) < 4.78 is 54.5. The number of nitrogens with zero attached hydrogens (tertiary/aromatic N) is 3. The molecule has 1 unspecified atom stereocenters. The van der Waals surface area contributed by atoms with Gasteiger partial charge >= 0.3 is 6.36 Å². The van der Waals surface area contributed by atoms with Crippen molar-refractivity contribution in [1.82, 2.24) is 20.3 Å². The van der Waals surface area contributed by atoms with E-state index in [0.717, 1.165) is 28.9 Å². The van der Waals surface area contributed by atoms with Crippen molar-refractivity contribution in [2.75, 3.05) is 0 Å². The summed E-state index contributed by atoms with van der Waals surface area (Å²) in [6, 6.07) is 7.88. The van der Waals surface area contributed by atoms with Crippen molar-refractivity contribution >= 4 is 16.8 Å². The maximum Gasteiger partial charge on any atom is 0.573 e. The molecule has 0 saturated carbocycles. The lowest BCUT2D eigenvalue weighted by Crippen LogP contribution is -2.35. The number of nitrogens with one attached hydrogen (secondary N) is 1. The van der Waals surface area contributed by atoms with Crippen LogP contribution in [0.2, 0.25) is 0 Å². The number of aromatic nitrogens is 3. The molecule has 0 radical (unpaired) electrons. The van der Waals surface area contributed by atoms with Crippen molar-refractivity contribution in [3.63, 3.8) is 0 Å². The van der Waals surface area contributed by atoms with Crippen LogP contribution in [0, 0.1) is 5.82 Å². The molecule has 0 aliphatic carbocycles. The average Bonchev–Trinajstić information content (AvgIpc) is 2.63. The van der Waals surface area contributed by atoms with E-state index in [2.05, 4.69) is 20.4 Å². The fourth-order valence-corrected chi connectivity index (χ4v) is 2.62. The van der Waals surface area contributed by atoms with E-state index in [1.165, 1.54) is 18.2 Å². The normalized spacial score (nSPS) is 12.6. The van der Waals surface area contributed by atoms with Crippen LogP contribution >= 0.6 is 0 Å². The third kappa shape index (κ3) is 5.06. The highest BCUT2D eigenvalue weighted by Gasteiger charge is 2.31. The quantitative estimate of drug-likeness (QED) is 0.654. The Bertz CT molecular complexity index is 1100. The van der Waals surface area contributed by atoms with Gasteiger partial charge in [0.15, 0.2) is 0 Å². The van der Waals surface area contributed by atoms with E-state index in [9.17, 15) is 27.2 Å². The zero-order valence-electron chi connectivity index (χ0n) is 14.9. The first-order chi connectivity index (χ1) is 13.6. The number of fused-ring (bicyclic) bond motifs is 1. The second-order valence-electron chi connectivity index (χ2n) is 6.12. The summed E-state index contributed by atoms with van der Waals surface area (Å²) >= 11 is 0. The van der Waals surface area contributed by atoms with Gasteiger partial charge in [0.05, 0.1) is 11.4 Å². The summed E-state index contributed by atoms with van der Waals surface area (Å²) in [7, 11) is 0. The average molecular weight is 410 g/mol. The van der Waals surface area contributed by atoms with Crippen LogP contribution in [0.1, 0.15) is 18.5 Å². The number of alkyl halides is 3. The third-order valence-corrected chi connectivity index (χ3v) is 3.97. The summed E-state index contributed by atoms with van der Waals surface area (Å²) in [4.78, 5) is 24.6. The summed E-state index contributed by atoms with van der Waals surface area (Å²) in [5, 5.41) is 10.0. The first kappa shape index (κ1) is 20.2. The molecule has 7 nitrogen and oxygen atoms in total. The number of carbonyl (C=O) groups is 1. The number of carbonyl (C=O) groups excluding carboxylic acids is 1. The molecule has 1 N–H and O–H groups in total. The van der Waals surface area contributed by atoms with Crippen LogP contribution in [-0.4, -0.2) is 27.3 Å². The van der Waals surface area contributed by atoms with E-state index in [4.69, 9.17) is 0 Å². The molecule has 2 aromatic carbocycles. The Kier molecular flexibility index (Phi) is 5.48. The Morgan fingerprint density at radius 2 is 1.90 bits per heavy atom. The van der Waals surface area contributed by atoms with Crippen molar-refractivity contribution in [3.05, 3.63) is 64.2 Å². The number of amides is 1. The lowest BCUT2D eigenvalue weighted by molar-refractivity contribution is -0.274. The van der Waals surface area contributed by atoms with Gasteiger partial charge in [0.2, 0.25) is 5.91 Å². The second kappa shape index (κ2) is 7.86. The third-order valence-electron chi connectivity index (χ3n) is 3.97. The van der Waals surface area contributed by atoms with Crippen LogP contribution in [0.25, 0.3) is 10.9 Å². The molecule has 0 aliphatic rings. The van der Waals surface area contributed by atoms with Crippen molar-refractivity contribution in [3.8, 4) is 5.75 Å². The molecule has 0 saturated heterocycles. The molecule has 11 heteroatoms. The maximum absolute atomic E-state index is 13.3. The van der Waals surface area contributed by atoms with Gasteiger partial charge in [-0.2, -0.15) is 0 Å². The van der Waals surface area contributed by atoms with Gasteiger partial charge in [0, 0.05) is 0 Å². The predicted molar refractivity (Wildman–Crippen MR) is 93.4 cm³/mol. The Morgan fingerprint density at radius 1 is 1.21 bits per heavy atom. The summed E-state index contributed by atoms with van der Waals surface area (Å²) in [5.41, 5.74) is 0.0421. The Hall–Kier alpha value is -3.50. The zero-order valence-corrected chi connectivity index (χ0v) is 14.9. The fourth-order valence-electron chi connectivity index (χ4n) is 2.62. The Balaban J connectivity index is 1.68. The number of halogens is 4. The van der Waals surface area contributed by atoms with E-state index >= 15 is 0 Å². The van der Waals surface area contributed by atoms with Gasteiger partial charge in [-0.3, -0.25) is 9.59 Å². The van der Waals surface area contributed by atoms with Gasteiger partial charge in [0.25, 0.3) is 5.56 Å². The first-order valence-corrected chi connectivity index (χ1v) is 8.30. The smallest absolute Gasteiger partial charge is 0.406 e. The highest BCUT2D eigenvalue weighted by molar-refractivity contribution is 5.78. The summed E-state index contributed by atoms with van der Waals surface area (Å²) in [5.74, 6) is -1.59. The van der Waals surface area contributed by atoms with Gasteiger partial charge in [-0.25, -0.2) is 9.07 Å². The van der Waals surface area contributed by atoms with Crippen LogP contribution in [-0.2, 0) is 11.3 Å². The highest BCUT2D eigenvalue weighted by atomic mass is 19.4. The molecule has 1 aromatic heterocycles. The largest absolute Gasteiger partial charge is 0.573 e. The second-order valence-corrected chi connectivity index (χ2v) is 6.12. The van der Waals surface area contributed by atoms with Crippen molar-refractivity contribution in [2.24, 2.45) is 0 Å². The number of hydrogen-bond donors (Lipinski definition) is 1. The molecule has 3 aromatic rings. The van der Waals surface area contributed by atoms with Crippen LogP contribution in [0.3, 0.4) is 0 Å². The van der Waals surface area contributed by atoms with Crippen molar-refractivity contribution in [1.29, 1.82) is 0 Å². The number of benzene rings is 2. The van der Waals surface area contributed by atoms with Crippen LogP contribution < -0.4 is 15.6 Å². The summed E-state index contributed by atoms with van der Waals surface area (Å²) in [6.07, 6.45) is -4.79. The van der Waals surface area contributed by atoms with Gasteiger partial charge in [0.1, 0.15) is 23.6 Å². The van der Waals surface area contributed by atoms with Gasteiger partial charge in [-0.15, -0.1) is 18.3 Å². The van der Waals surface area contributed by atoms with E-state index in [-0.39, 0.29) is 16.7 Å². The molecular formula is C18H14F4N4O3. The molecule has 0 aliphatic heterocycles. The molecule has 29 heavy (non-hydrogen) atoms. The topological polar surface area (TPSA) is 86.1 Å². The lowest BCUT2D eigenvalue weighted by Gasteiger charge is -2.15. The minimum Gasteiger partial charge on any atom is -0.406 e. The predicted octanol–water partition coefficient (Wildman–Crippen LogP) is 2.71. The van der Waals surface area contributed by atoms with Crippen LogP contribution in [0.4, 0.5) is 17.6 Å². The number of rotatable bonds is 5. The van der Waals surface area contributed by atoms with Crippen LogP contribution in [0.5, 0.6) is 5.75 Å². The van der Waals surface area contributed by atoms with Crippen molar-refractivity contribution < 1.29 is 27.1 Å². The molecule has 152 valence electrons. The molecule has 0 bridgehead atoms. The van der Waals surface area contributed by atoms with Gasteiger partial charge < -0.3 is 10.1 Å². The number of ether oxygens (including phenoxy) is 1. The molecular weight excluding hydrogens is 396 g/mol. The van der Waals surface area contributed by atoms with Gasteiger partial charge in [-0.1, -0.05) is 17.3 Å². The van der Waals surface area contributed by atoms with Crippen LogP contribution in [0.15, 0.2) is 47.3 Å². The molecule has 0 fully saturated rings. The minimum atomic E-state index is -4.79. The van der Waals surface area contributed by atoms with Crippen molar-refractivity contribution in [2.45, 2.75) is 25.9 Å². The number of hydrogen-bond acceptors (Lipinski definition) is 5. The molecule has 1 heterocycles. The molecule has 1 atom stereocenters. The highest BCUT2D eigenvalue weighted by Crippen LogP contribution is 2.24. The SMILES string of the molecule is CC(NC(=O)Cn1nnc2ccc(F)cc2c1=O)c1ccc(OC(F)(F)F)cc1. The molecule has 1 amide bonds. The fraction of sp³-hybridized carbons (Fsp3) is 0.222. The maximum atomic E-state index is 13.3. The van der Waals surface area contributed by atoms with E-state index < -0.39 is 36.2 Å². The zero-order chi connectivity index (χ0) is 21.2.